The molecular weight excluding hydrogens is 459 g/mol. The number of hydrogen-bond acceptors (Lipinski definition) is 6. The van der Waals surface area contributed by atoms with Gasteiger partial charge in [-0.05, 0) is 18.5 Å². The fourth-order valence-corrected chi connectivity index (χ4v) is 7.75. The van der Waals surface area contributed by atoms with E-state index in [-0.39, 0.29) is 11.6 Å². The lowest BCUT2D eigenvalue weighted by molar-refractivity contribution is 0.0940. The molecule has 5 rings (SSSR count). The number of Topliss-reactive ketones (excluding diaryl/α,β-unsaturated/α-hetero) is 2. The lowest BCUT2D eigenvalue weighted by Gasteiger charge is -2.30. The molecule has 0 radical (unpaired) electrons. The van der Waals surface area contributed by atoms with E-state index in [0.29, 0.717) is 41.8 Å². The summed E-state index contributed by atoms with van der Waals surface area (Å²) < 4.78 is 11.8. The molecule has 0 N–H and O–H groups in total. The van der Waals surface area contributed by atoms with Gasteiger partial charge in [-0.3, -0.25) is 9.59 Å². The largest absolute Gasteiger partial charge is 0.478 e. The Labute approximate surface area is 207 Å². The minimum Gasteiger partial charge on any atom is -0.478 e. The molecule has 0 spiro atoms. The summed E-state index contributed by atoms with van der Waals surface area (Å²) in [7, 11) is -0.520. The second-order valence-corrected chi connectivity index (χ2v) is 11.9. The van der Waals surface area contributed by atoms with Gasteiger partial charge in [0.1, 0.15) is 13.2 Å². The standard InChI is InChI=1S/C28H31N2O4P/c31-27(20-10-4-1-5-11-20)23-16-33-25(29-23)18-35(22-14-8-3-9-15-22)19-26-30-24(17-34-26)28(32)21-12-6-2-7-13-21/h1-2,4-7,10-13,22-24H,3,8-9,14-19H2. The maximum atomic E-state index is 12.8. The zero-order valence-corrected chi connectivity index (χ0v) is 20.7. The number of ketones is 2. The number of hydrogen-bond donors (Lipinski definition) is 0. The van der Waals surface area contributed by atoms with Crippen molar-refractivity contribution in [2.75, 3.05) is 25.5 Å². The Kier molecular flexibility index (Phi) is 7.68. The third-order valence-electron chi connectivity index (χ3n) is 6.90. The molecule has 2 heterocycles. The van der Waals surface area contributed by atoms with Crippen molar-refractivity contribution in [1.29, 1.82) is 0 Å². The van der Waals surface area contributed by atoms with Gasteiger partial charge in [-0.25, -0.2) is 9.98 Å². The highest BCUT2D eigenvalue weighted by Gasteiger charge is 2.34. The monoisotopic (exact) mass is 490 g/mol. The number of rotatable bonds is 9. The zero-order valence-electron chi connectivity index (χ0n) is 19.8. The van der Waals surface area contributed by atoms with Crippen LogP contribution in [0.15, 0.2) is 70.6 Å². The summed E-state index contributed by atoms with van der Waals surface area (Å²) in [6.07, 6.45) is 7.64. The Hall–Kier alpha value is -2.85. The highest BCUT2D eigenvalue weighted by atomic mass is 31.1. The topological polar surface area (TPSA) is 77.3 Å². The first-order chi connectivity index (χ1) is 17.2. The summed E-state index contributed by atoms with van der Waals surface area (Å²) in [6, 6.07) is 17.7. The van der Waals surface area contributed by atoms with E-state index >= 15 is 0 Å². The van der Waals surface area contributed by atoms with Crippen molar-refractivity contribution in [2.24, 2.45) is 9.98 Å². The number of nitrogens with zero attached hydrogens (tertiary/aromatic N) is 2. The molecule has 2 aromatic rings. The van der Waals surface area contributed by atoms with Crippen LogP contribution < -0.4 is 0 Å². The van der Waals surface area contributed by atoms with Crippen LogP contribution in [0.25, 0.3) is 0 Å². The number of ether oxygens (including phenoxy) is 2. The molecule has 2 unspecified atom stereocenters. The average Bonchev–Trinajstić information content (AvgIpc) is 3.59. The van der Waals surface area contributed by atoms with Crippen molar-refractivity contribution in [3.05, 3.63) is 71.8 Å². The molecule has 1 aliphatic carbocycles. The van der Waals surface area contributed by atoms with E-state index in [1.165, 1.54) is 32.1 Å². The molecular formula is C28H31N2O4P. The first-order valence-electron chi connectivity index (χ1n) is 12.5. The Morgan fingerprint density at radius 1 is 0.714 bits per heavy atom. The molecule has 0 aromatic heterocycles. The first-order valence-corrected chi connectivity index (χ1v) is 14.3. The minimum absolute atomic E-state index is 0.00774. The van der Waals surface area contributed by atoms with Crippen LogP contribution in [0.2, 0.25) is 0 Å². The summed E-state index contributed by atoms with van der Waals surface area (Å²) >= 11 is 0. The molecule has 1 fully saturated rings. The van der Waals surface area contributed by atoms with Crippen LogP contribution >= 0.6 is 7.92 Å². The number of carbonyl (C=O) groups is 2. The second kappa shape index (κ2) is 11.3. The molecule has 1 saturated carbocycles. The van der Waals surface area contributed by atoms with Gasteiger partial charge in [-0.2, -0.15) is 0 Å². The van der Waals surface area contributed by atoms with E-state index < -0.39 is 20.0 Å². The average molecular weight is 491 g/mol. The SMILES string of the molecule is O=C(c1ccccc1)C1COC(CP(CC2=NC(C(=O)c3ccccc3)CO2)C2CCCCC2)=N1. The number of aliphatic imine (C=N–C) groups is 2. The molecule has 0 bridgehead atoms. The maximum absolute atomic E-state index is 12.8. The summed E-state index contributed by atoms with van der Waals surface area (Å²) in [5, 5.41) is 0. The molecule has 182 valence electrons. The van der Waals surface area contributed by atoms with Gasteiger partial charge >= 0.3 is 0 Å². The quantitative estimate of drug-likeness (QED) is 0.359. The lowest BCUT2D eigenvalue weighted by atomic mass is 10.0. The van der Waals surface area contributed by atoms with Crippen LogP contribution in [0.3, 0.4) is 0 Å². The second-order valence-electron chi connectivity index (χ2n) is 9.36. The number of benzene rings is 2. The van der Waals surface area contributed by atoms with Crippen LogP contribution in [0, 0.1) is 0 Å². The fourth-order valence-electron chi connectivity index (χ4n) is 4.99. The fraction of sp³-hybridized carbons (Fsp3) is 0.429. The predicted molar refractivity (Wildman–Crippen MR) is 139 cm³/mol. The summed E-state index contributed by atoms with van der Waals surface area (Å²) in [6.45, 7) is 0.615. The van der Waals surface area contributed by atoms with Crippen LogP contribution in [0.5, 0.6) is 0 Å². The van der Waals surface area contributed by atoms with E-state index in [1.807, 2.05) is 60.7 Å². The molecule has 2 aliphatic heterocycles. The molecule has 2 atom stereocenters. The predicted octanol–water partition coefficient (Wildman–Crippen LogP) is 5.16. The van der Waals surface area contributed by atoms with Gasteiger partial charge in [0, 0.05) is 23.5 Å². The Morgan fingerprint density at radius 3 is 1.63 bits per heavy atom. The van der Waals surface area contributed by atoms with Crippen molar-refractivity contribution >= 4 is 31.3 Å². The van der Waals surface area contributed by atoms with Crippen LogP contribution in [-0.4, -0.2) is 66.6 Å². The third-order valence-corrected chi connectivity index (χ3v) is 9.81. The van der Waals surface area contributed by atoms with Gasteiger partial charge in [0.25, 0.3) is 0 Å². The molecule has 0 saturated heterocycles. The van der Waals surface area contributed by atoms with E-state index in [4.69, 9.17) is 9.47 Å². The van der Waals surface area contributed by atoms with Crippen molar-refractivity contribution in [1.82, 2.24) is 0 Å². The minimum atomic E-state index is -0.520. The molecule has 35 heavy (non-hydrogen) atoms. The molecule has 0 amide bonds. The summed E-state index contributed by atoms with van der Waals surface area (Å²) in [4.78, 5) is 35.0. The lowest BCUT2D eigenvalue weighted by Crippen LogP contribution is -2.20. The molecule has 2 aromatic carbocycles. The Balaban J connectivity index is 1.27. The Morgan fingerprint density at radius 2 is 1.17 bits per heavy atom. The summed E-state index contributed by atoms with van der Waals surface area (Å²) in [5.74, 6) is 1.39. The van der Waals surface area contributed by atoms with E-state index in [0.717, 1.165) is 12.3 Å². The molecule has 7 heteroatoms. The Bertz CT molecular complexity index is 1020. The molecule has 3 aliphatic rings. The molecule has 6 nitrogen and oxygen atoms in total. The normalized spacial score (nSPS) is 23.1. The van der Waals surface area contributed by atoms with E-state index in [2.05, 4.69) is 9.98 Å². The van der Waals surface area contributed by atoms with Crippen molar-refractivity contribution < 1.29 is 19.1 Å². The van der Waals surface area contributed by atoms with Gasteiger partial charge in [-0.1, -0.05) is 87.8 Å². The zero-order chi connectivity index (χ0) is 24.0. The highest BCUT2D eigenvalue weighted by molar-refractivity contribution is 7.60. The first kappa shape index (κ1) is 23.9. The van der Waals surface area contributed by atoms with Crippen LogP contribution in [0.1, 0.15) is 52.8 Å². The smallest absolute Gasteiger partial charge is 0.190 e. The van der Waals surface area contributed by atoms with Crippen LogP contribution in [-0.2, 0) is 9.47 Å². The summed E-state index contributed by atoms with van der Waals surface area (Å²) in [5.41, 5.74) is 1.94. The van der Waals surface area contributed by atoms with Gasteiger partial charge in [0.15, 0.2) is 35.4 Å². The van der Waals surface area contributed by atoms with Crippen molar-refractivity contribution in [3.63, 3.8) is 0 Å². The van der Waals surface area contributed by atoms with Gasteiger partial charge < -0.3 is 9.47 Å². The third kappa shape index (κ3) is 5.87. The van der Waals surface area contributed by atoms with Gasteiger partial charge in [-0.15, -0.1) is 0 Å². The van der Waals surface area contributed by atoms with E-state index in [9.17, 15) is 9.59 Å². The van der Waals surface area contributed by atoms with Gasteiger partial charge in [0.2, 0.25) is 0 Å². The van der Waals surface area contributed by atoms with E-state index in [1.54, 1.807) is 0 Å². The van der Waals surface area contributed by atoms with Crippen LogP contribution in [0.4, 0.5) is 0 Å². The van der Waals surface area contributed by atoms with Crippen molar-refractivity contribution in [3.8, 4) is 0 Å². The maximum Gasteiger partial charge on any atom is 0.190 e. The van der Waals surface area contributed by atoms with Gasteiger partial charge in [0.05, 0.1) is 0 Å². The highest BCUT2D eigenvalue weighted by Crippen LogP contribution is 2.48. The van der Waals surface area contributed by atoms with Crippen molar-refractivity contribution in [2.45, 2.75) is 49.8 Å². The number of carbonyl (C=O) groups excluding carboxylic acids is 2.